The number of nitrogens with zero attached hydrogens (tertiary/aromatic N) is 1. The van der Waals surface area contributed by atoms with E-state index in [1.807, 2.05) is 24.3 Å². The Kier molecular flexibility index (Phi) is 6.91. The van der Waals surface area contributed by atoms with Crippen molar-refractivity contribution in [2.45, 2.75) is 45.1 Å². The van der Waals surface area contributed by atoms with Crippen LogP contribution in [-0.4, -0.2) is 37.9 Å². The Labute approximate surface area is 172 Å². The van der Waals surface area contributed by atoms with E-state index in [1.165, 1.54) is 24.0 Å². The zero-order valence-electron chi connectivity index (χ0n) is 17.5. The molecule has 0 radical (unpaired) electrons. The van der Waals surface area contributed by atoms with Crippen molar-refractivity contribution in [1.82, 2.24) is 4.90 Å². The topological polar surface area (TPSA) is 55.8 Å². The van der Waals surface area contributed by atoms with Crippen LogP contribution in [0.2, 0.25) is 0 Å². The van der Waals surface area contributed by atoms with Gasteiger partial charge in [-0.2, -0.15) is 0 Å². The van der Waals surface area contributed by atoms with Gasteiger partial charge in [0.25, 0.3) is 0 Å². The Morgan fingerprint density at radius 2 is 1.69 bits per heavy atom. The van der Waals surface area contributed by atoms with Gasteiger partial charge in [0, 0.05) is 43.6 Å². The molecule has 2 aromatic carbocycles. The molecule has 0 saturated heterocycles. The van der Waals surface area contributed by atoms with Gasteiger partial charge in [0.2, 0.25) is 5.91 Å². The molecule has 5 nitrogen and oxygen atoms in total. The van der Waals surface area contributed by atoms with E-state index >= 15 is 0 Å². The zero-order chi connectivity index (χ0) is 20.8. The lowest BCUT2D eigenvalue weighted by atomic mass is 9.89. The monoisotopic (exact) mass is 395 g/mol. The number of methoxy groups -OCH3 is 2. The molecule has 0 bridgehead atoms. The average Bonchev–Trinajstić information content (AvgIpc) is 2.76. The van der Waals surface area contributed by atoms with Crippen LogP contribution in [0.3, 0.4) is 0 Å². The van der Waals surface area contributed by atoms with Crippen LogP contribution in [0.5, 0.6) is 11.5 Å². The van der Waals surface area contributed by atoms with E-state index in [1.54, 1.807) is 32.2 Å². The normalized spacial score (nSPS) is 12.8. The third kappa shape index (κ3) is 5.17. The molecule has 0 aromatic heterocycles. The second-order valence-electron chi connectivity index (χ2n) is 7.54. The first-order chi connectivity index (χ1) is 14.0. The summed E-state index contributed by atoms with van der Waals surface area (Å²) in [7, 11) is 4.94. The molecule has 0 fully saturated rings. The predicted molar refractivity (Wildman–Crippen MR) is 113 cm³/mol. The number of aryl methyl sites for hydroxylation is 2. The van der Waals surface area contributed by atoms with E-state index in [4.69, 9.17) is 9.47 Å². The van der Waals surface area contributed by atoms with Crippen LogP contribution in [-0.2, 0) is 24.2 Å². The molecule has 2 aromatic rings. The first-order valence-electron chi connectivity index (χ1n) is 10.1. The van der Waals surface area contributed by atoms with Gasteiger partial charge in [0.15, 0.2) is 5.78 Å². The van der Waals surface area contributed by atoms with Crippen LogP contribution in [0, 0.1) is 0 Å². The molecule has 29 heavy (non-hydrogen) atoms. The molecular weight excluding hydrogens is 366 g/mol. The number of carbonyl (C=O) groups is 2. The van der Waals surface area contributed by atoms with E-state index < -0.39 is 0 Å². The maximum Gasteiger partial charge on any atom is 0.223 e. The Balaban J connectivity index is 1.57. The van der Waals surface area contributed by atoms with Crippen molar-refractivity contribution >= 4 is 11.7 Å². The predicted octanol–water partition coefficient (Wildman–Crippen LogP) is 4.20. The summed E-state index contributed by atoms with van der Waals surface area (Å²) in [6.07, 6.45) is 4.97. The highest BCUT2D eigenvalue weighted by Gasteiger charge is 2.17. The quantitative estimate of drug-likeness (QED) is 0.629. The smallest absolute Gasteiger partial charge is 0.223 e. The number of amides is 1. The molecule has 0 unspecified atom stereocenters. The van der Waals surface area contributed by atoms with Crippen LogP contribution in [0.4, 0.5) is 0 Å². The number of fused-ring (bicyclic) bond motifs is 1. The molecule has 0 N–H and O–H groups in total. The Hall–Kier alpha value is -2.82. The van der Waals surface area contributed by atoms with Crippen molar-refractivity contribution in [1.29, 1.82) is 0 Å². The fourth-order valence-electron chi connectivity index (χ4n) is 3.79. The Morgan fingerprint density at radius 1 is 0.931 bits per heavy atom. The summed E-state index contributed by atoms with van der Waals surface area (Å²) in [4.78, 5) is 26.8. The number of carbonyl (C=O) groups excluding carboxylic acids is 2. The number of Topliss-reactive ketones (excluding diaryl/α,β-unsaturated/α-hetero) is 1. The van der Waals surface area contributed by atoms with Gasteiger partial charge in [-0.25, -0.2) is 0 Å². The van der Waals surface area contributed by atoms with E-state index in [0.29, 0.717) is 18.0 Å². The molecule has 0 heterocycles. The van der Waals surface area contributed by atoms with Crippen LogP contribution < -0.4 is 9.47 Å². The van der Waals surface area contributed by atoms with Crippen molar-refractivity contribution < 1.29 is 19.1 Å². The van der Waals surface area contributed by atoms with E-state index in [-0.39, 0.29) is 24.5 Å². The lowest BCUT2D eigenvalue weighted by Crippen LogP contribution is -2.26. The van der Waals surface area contributed by atoms with Gasteiger partial charge >= 0.3 is 0 Å². The molecule has 1 aliphatic rings. The molecule has 0 aliphatic heterocycles. The van der Waals surface area contributed by atoms with Gasteiger partial charge in [0.1, 0.15) is 11.5 Å². The summed E-state index contributed by atoms with van der Waals surface area (Å²) < 4.78 is 10.6. The van der Waals surface area contributed by atoms with Crippen molar-refractivity contribution in [3.63, 3.8) is 0 Å². The van der Waals surface area contributed by atoms with Gasteiger partial charge in [-0.15, -0.1) is 0 Å². The maximum atomic E-state index is 12.6. The molecule has 1 aliphatic carbocycles. The standard InChI is InChI=1S/C24H29NO4/c1-25(16-20-10-11-21(28-2)15-23(20)29-3)24(27)13-12-22(26)19-9-8-17-6-4-5-7-18(17)14-19/h8-11,14-15H,4-7,12-13,16H2,1-3H3. The minimum Gasteiger partial charge on any atom is -0.497 e. The SMILES string of the molecule is COc1ccc(CN(C)C(=O)CCC(=O)c2ccc3c(c2)CCCC3)c(OC)c1. The number of hydrogen-bond donors (Lipinski definition) is 0. The Bertz CT molecular complexity index is 890. The van der Waals surface area contributed by atoms with Crippen LogP contribution >= 0.6 is 0 Å². The minimum absolute atomic E-state index is 0.0298. The number of ether oxygens (including phenoxy) is 2. The number of rotatable bonds is 8. The average molecular weight is 395 g/mol. The van der Waals surface area contributed by atoms with Gasteiger partial charge in [-0.05, 0) is 55.0 Å². The molecule has 1 amide bonds. The highest BCUT2D eigenvalue weighted by molar-refractivity contribution is 5.98. The van der Waals surface area contributed by atoms with Crippen molar-refractivity contribution in [2.75, 3.05) is 21.3 Å². The molecule has 0 saturated carbocycles. The zero-order valence-corrected chi connectivity index (χ0v) is 17.5. The molecule has 3 rings (SSSR count). The lowest BCUT2D eigenvalue weighted by molar-refractivity contribution is -0.130. The summed E-state index contributed by atoms with van der Waals surface area (Å²) in [6.45, 7) is 0.416. The molecule has 154 valence electrons. The summed E-state index contributed by atoms with van der Waals surface area (Å²) >= 11 is 0. The maximum absolute atomic E-state index is 12.6. The minimum atomic E-state index is -0.0609. The van der Waals surface area contributed by atoms with Crippen LogP contribution in [0.15, 0.2) is 36.4 Å². The van der Waals surface area contributed by atoms with Crippen LogP contribution in [0.1, 0.15) is 52.7 Å². The van der Waals surface area contributed by atoms with Gasteiger partial charge in [-0.1, -0.05) is 12.1 Å². The third-order valence-corrected chi connectivity index (χ3v) is 5.56. The van der Waals surface area contributed by atoms with E-state index in [0.717, 1.165) is 24.0 Å². The summed E-state index contributed by atoms with van der Waals surface area (Å²) in [5.41, 5.74) is 4.26. The summed E-state index contributed by atoms with van der Waals surface area (Å²) in [5.74, 6) is 1.35. The van der Waals surface area contributed by atoms with Gasteiger partial charge in [0.05, 0.1) is 14.2 Å². The molecule has 0 spiro atoms. The highest BCUT2D eigenvalue weighted by atomic mass is 16.5. The molecule has 0 atom stereocenters. The van der Waals surface area contributed by atoms with Gasteiger partial charge < -0.3 is 14.4 Å². The van der Waals surface area contributed by atoms with Crippen molar-refractivity contribution in [2.24, 2.45) is 0 Å². The first-order valence-corrected chi connectivity index (χ1v) is 10.1. The van der Waals surface area contributed by atoms with Crippen LogP contribution in [0.25, 0.3) is 0 Å². The summed E-state index contributed by atoms with van der Waals surface area (Å²) in [6, 6.07) is 11.5. The number of benzene rings is 2. The fourth-order valence-corrected chi connectivity index (χ4v) is 3.79. The summed E-state index contributed by atoms with van der Waals surface area (Å²) in [5, 5.41) is 0. The second kappa shape index (κ2) is 9.59. The lowest BCUT2D eigenvalue weighted by Gasteiger charge is -2.19. The fraction of sp³-hybridized carbons (Fsp3) is 0.417. The van der Waals surface area contributed by atoms with E-state index in [9.17, 15) is 9.59 Å². The largest absolute Gasteiger partial charge is 0.497 e. The molecule has 5 heteroatoms. The van der Waals surface area contributed by atoms with E-state index in [2.05, 4.69) is 6.07 Å². The Morgan fingerprint density at radius 3 is 2.41 bits per heavy atom. The van der Waals surface area contributed by atoms with Gasteiger partial charge in [-0.3, -0.25) is 9.59 Å². The number of hydrogen-bond acceptors (Lipinski definition) is 4. The highest BCUT2D eigenvalue weighted by Crippen LogP contribution is 2.26. The van der Waals surface area contributed by atoms with Crippen molar-refractivity contribution in [3.05, 3.63) is 58.7 Å². The third-order valence-electron chi connectivity index (χ3n) is 5.56. The van der Waals surface area contributed by atoms with Crippen molar-refractivity contribution in [3.8, 4) is 11.5 Å². The first kappa shape index (κ1) is 20.9. The second-order valence-corrected chi connectivity index (χ2v) is 7.54. The number of ketones is 1. The molecular formula is C24H29NO4.